The zero-order valence-corrected chi connectivity index (χ0v) is 16.6. The molecule has 3 aromatic heterocycles. The Kier molecular flexibility index (Phi) is 5.51. The largest absolute Gasteiger partial charge is 0.320 e. The number of amides is 1. The van der Waals surface area contributed by atoms with Gasteiger partial charge in [0.15, 0.2) is 5.65 Å². The molecule has 0 unspecified atom stereocenters. The molecular formula is C20H26N6O. The number of pyridine rings is 1. The van der Waals surface area contributed by atoms with E-state index in [0.717, 1.165) is 47.8 Å². The van der Waals surface area contributed by atoms with Gasteiger partial charge in [-0.3, -0.25) is 14.7 Å². The molecule has 0 aliphatic carbocycles. The number of carbonyl (C=O) groups excluding carboxylic acids is 1. The molecule has 3 aromatic rings. The van der Waals surface area contributed by atoms with E-state index in [1.807, 2.05) is 39.2 Å². The summed E-state index contributed by atoms with van der Waals surface area (Å²) in [7, 11) is 0. The Morgan fingerprint density at radius 1 is 1.19 bits per heavy atom. The Hall–Kier alpha value is -2.80. The summed E-state index contributed by atoms with van der Waals surface area (Å²) >= 11 is 0. The van der Waals surface area contributed by atoms with Gasteiger partial charge >= 0.3 is 0 Å². The maximum absolute atomic E-state index is 12.8. The molecule has 0 aliphatic heterocycles. The molecule has 27 heavy (non-hydrogen) atoms. The highest BCUT2D eigenvalue weighted by atomic mass is 16.1. The third kappa shape index (κ3) is 3.98. The van der Waals surface area contributed by atoms with Crippen molar-refractivity contribution in [3.8, 4) is 0 Å². The number of fused-ring (bicyclic) bond motifs is 1. The molecule has 0 spiro atoms. The first-order valence-electron chi connectivity index (χ1n) is 9.23. The lowest BCUT2D eigenvalue weighted by Gasteiger charge is -2.17. The summed E-state index contributed by atoms with van der Waals surface area (Å²) in [6.07, 6.45) is 5.31. The Morgan fingerprint density at radius 3 is 2.59 bits per heavy atom. The van der Waals surface area contributed by atoms with Gasteiger partial charge < -0.3 is 5.32 Å². The monoisotopic (exact) mass is 366 g/mol. The average Bonchev–Trinajstić information content (AvgIpc) is 3.05. The SMILES string of the molecule is CCN(CC)Cc1cnc2c(C(=O)Nc3c(C)cc(C)nc3C)cnn2c1. The normalized spacial score (nSPS) is 11.3. The molecule has 1 N–H and O–H groups in total. The first-order valence-corrected chi connectivity index (χ1v) is 9.23. The van der Waals surface area contributed by atoms with Crippen LogP contribution < -0.4 is 5.32 Å². The van der Waals surface area contributed by atoms with Gasteiger partial charge in [0, 0.05) is 30.2 Å². The van der Waals surface area contributed by atoms with Crippen molar-refractivity contribution in [3.05, 3.63) is 52.7 Å². The third-order valence-electron chi connectivity index (χ3n) is 4.72. The quantitative estimate of drug-likeness (QED) is 0.725. The Bertz CT molecular complexity index is 951. The van der Waals surface area contributed by atoms with E-state index in [9.17, 15) is 4.79 Å². The second-order valence-electron chi connectivity index (χ2n) is 6.75. The van der Waals surface area contributed by atoms with Crippen LogP contribution in [0.15, 0.2) is 24.7 Å². The summed E-state index contributed by atoms with van der Waals surface area (Å²) < 4.78 is 1.67. The van der Waals surface area contributed by atoms with Gasteiger partial charge in [0.25, 0.3) is 5.91 Å². The maximum atomic E-state index is 12.8. The highest BCUT2D eigenvalue weighted by molar-refractivity contribution is 6.08. The van der Waals surface area contributed by atoms with Crippen molar-refractivity contribution in [1.29, 1.82) is 0 Å². The number of rotatable bonds is 6. The standard InChI is InChI=1S/C20H26N6O/c1-6-25(7-2)11-16-9-21-19-17(10-22-26(19)12-16)20(27)24-18-13(3)8-14(4)23-15(18)5/h8-10,12H,6-7,11H2,1-5H3,(H,24,27). The minimum Gasteiger partial charge on any atom is -0.320 e. The number of carbonyl (C=O) groups is 1. The summed E-state index contributed by atoms with van der Waals surface area (Å²) in [6, 6.07) is 1.95. The first kappa shape index (κ1) is 19.0. The summed E-state index contributed by atoms with van der Waals surface area (Å²) in [5, 5.41) is 7.28. The number of aromatic nitrogens is 4. The van der Waals surface area contributed by atoms with E-state index < -0.39 is 0 Å². The minimum absolute atomic E-state index is 0.231. The fourth-order valence-electron chi connectivity index (χ4n) is 3.25. The van der Waals surface area contributed by atoms with Gasteiger partial charge in [0.2, 0.25) is 0 Å². The van der Waals surface area contributed by atoms with Crippen LogP contribution >= 0.6 is 0 Å². The van der Waals surface area contributed by atoms with Crippen molar-refractivity contribution >= 4 is 17.2 Å². The van der Waals surface area contributed by atoms with E-state index in [2.05, 4.69) is 39.1 Å². The Balaban J connectivity index is 1.86. The van der Waals surface area contributed by atoms with E-state index >= 15 is 0 Å². The van der Waals surface area contributed by atoms with Crippen LogP contribution in [0.5, 0.6) is 0 Å². The van der Waals surface area contributed by atoms with Gasteiger partial charge in [0.05, 0.1) is 17.6 Å². The molecule has 0 bridgehead atoms. The van der Waals surface area contributed by atoms with Crippen molar-refractivity contribution in [2.45, 2.75) is 41.2 Å². The van der Waals surface area contributed by atoms with Crippen molar-refractivity contribution in [2.75, 3.05) is 18.4 Å². The van der Waals surface area contributed by atoms with Crippen LogP contribution in [-0.2, 0) is 6.54 Å². The van der Waals surface area contributed by atoms with Crippen LogP contribution in [0.25, 0.3) is 5.65 Å². The maximum Gasteiger partial charge on any atom is 0.261 e. The highest BCUT2D eigenvalue weighted by Gasteiger charge is 2.17. The zero-order valence-electron chi connectivity index (χ0n) is 16.6. The predicted octanol–water partition coefficient (Wildman–Crippen LogP) is 3.14. The van der Waals surface area contributed by atoms with Crippen LogP contribution in [0.2, 0.25) is 0 Å². The number of anilines is 1. The van der Waals surface area contributed by atoms with E-state index in [4.69, 9.17) is 0 Å². The van der Waals surface area contributed by atoms with Crippen molar-refractivity contribution in [1.82, 2.24) is 24.5 Å². The number of hydrogen-bond acceptors (Lipinski definition) is 5. The van der Waals surface area contributed by atoms with Gasteiger partial charge in [-0.15, -0.1) is 0 Å². The van der Waals surface area contributed by atoms with Crippen molar-refractivity contribution in [3.63, 3.8) is 0 Å². The number of hydrogen-bond donors (Lipinski definition) is 1. The van der Waals surface area contributed by atoms with Gasteiger partial charge in [-0.05, 0) is 45.5 Å². The van der Waals surface area contributed by atoms with E-state index in [0.29, 0.717) is 11.2 Å². The molecule has 0 saturated heterocycles. The molecule has 3 heterocycles. The second kappa shape index (κ2) is 7.84. The van der Waals surface area contributed by atoms with Crippen LogP contribution in [0.1, 0.15) is 46.7 Å². The molecule has 3 rings (SSSR count). The number of aryl methyl sites for hydroxylation is 3. The fourth-order valence-corrected chi connectivity index (χ4v) is 3.25. The fraction of sp³-hybridized carbons (Fsp3) is 0.400. The summed E-state index contributed by atoms with van der Waals surface area (Å²) in [5.41, 5.74) is 5.51. The minimum atomic E-state index is -0.231. The highest BCUT2D eigenvalue weighted by Crippen LogP contribution is 2.21. The Morgan fingerprint density at radius 2 is 1.93 bits per heavy atom. The molecule has 7 heteroatoms. The molecule has 7 nitrogen and oxygen atoms in total. The molecule has 0 aliphatic rings. The lowest BCUT2D eigenvalue weighted by molar-refractivity contribution is 0.102. The summed E-state index contributed by atoms with van der Waals surface area (Å²) in [4.78, 5) is 24.0. The zero-order chi connectivity index (χ0) is 19.6. The van der Waals surface area contributed by atoms with Gasteiger partial charge in [-0.2, -0.15) is 5.10 Å². The lowest BCUT2D eigenvalue weighted by atomic mass is 10.1. The molecule has 0 aromatic carbocycles. The Labute approximate surface area is 159 Å². The van der Waals surface area contributed by atoms with Crippen LogP contribution in [-0.4, -0.2) is 43.5 Å². The first-order chi connectivity index (χ1) is 12.9. The second-order valence-corrected chi connectivity index (χ2v) is 6.75. The molecule has 142 valence electrons. The van der Waals surface area contributed by atoms with E-state index in [1.54, 1.807) is 10.7 Å². The van der Waals surface area contributed by atoms with Crippen LogP contribution in [0.4, 0.5) is 5.69 Å². The average molecular weight is 366 g/mol. The van der Waals surface area contributed by atoms with Crippen molar-refractivity contribution in [2.24, 2.45) is 0 Å². The van der Waals surface area contributed by atoms with E-state index in [-0.39, 0.29) is 5.91 Å². The topological polar surface area (TPSA) is 75.4 Å². The number of nitrogens with one attached hydrogen (secondary N) is 1. The van der Waals surface area contributed by atoms with E-state index in [1.165, 1.54) is 0 Å². The molecule has 0 atom stereocenters. The molecule has 0 saturated carbocycles. The summed E-state index contributed by atoms with van der Waals surface area (Å²) in [6.45, 7) is 12.8. The molecule has 0 fully saturated rings. The van der Waals surface area contributed by atoms with Gasteiger partial charge in [0.1, 0.15) is 5.56 Å². The summed E-state index contributed by atoms with van der Waals surface area (Å²) in [5.74, 6) is -0.231. The van der Waals surface area contributed by atoms with Crippen molar-refractivity contribution < 1.29 is 4.79 Å². The predicted molar refractivity (Wildman–Crippen MR) is 106 cm³/mol. The molecule has 1 amide bonds. The van der Waals surface area contributed by atoms with Crippen LogP contribution in [0.3, 0.4) is 0 Å². The number of nitrogens with zero attached hydrogens (tertiary/aromatic N) is 5. The lowest BCUT2D eigenvalue weighted by Crippen LogP contribution is -2.22. The molecule has 0 radical (unpaired) electrons. The smallest absolute Gasteiger partial charge is 0.261 e. The van der Waals surface area contributed by atoms with Gasteiger partial charge in [-0.25, -0.2) is 9.50 Å². The molecular weight excluding hydrogens is 340 g/mol. The third-order valence-corrected chi connectivity index (χ3v) is 4.72. The van der Waals surface area contributed by atoms with Crippen LogP contribution in [0, 0.1) is 20.8 Å². The van der Waals surface area contributed by atoms with Gasteiger partial charge in [-0.1, -0.05) is 13.8 Å².